The molecule has 0 radical (unpaired) electrons. The Labute approximate surface area is 290 Å². The fourth-order valence-electron chi connectivity index (χ4n) is 5.93. The van der Waals surface area contributed by atoms with Gasteiger partial charge in [-0.05, 0) is 48.5 Å². The summed E-state index contributed by atoms with van der Waals surface area (Å²) >= 11 is 0. The van der Waals surface area contributed by atoms with Gasteiger partial charge in [-0.2, -0.15) is 0 Å². The van der Waals surface area contributed by atoms with Crippen molar-refractivity contribution in [3.05, 3.63) is 71.8 Å². The van der Waals surface area contributed by atoms with Gasteiger partial charge >= 0.3 is 5.97 Å². The number of unbranched alkanes of at least 4 members (excludes halogenated alkanes) is 11. The van der Waals surface area contributed by atoms with Crippen LogP contribution in [0.4, 0.5) is 0 Å². The molecule has 0 N–H and O–H groups in total. The molecule has 266 valence electrons. The summed E-state index contributed by atoms with van der Waals surface area (Å²) in [6.07, 6.45) is 18.5. The van der Waals surface area contributed by atoms with Crippen LogP contribution < -0.4 is 0 Å². The number of carbonyl (C=O) groups excluding carboxylic acids is 1. The Bertz CT molecular complexity index is 1050. The standard InChI is InChI=1S/C42H70O4Si/c1-8-10-12-14-15-16-17-18-25-31-38(44-34-36-27-21-19-22-28-36)33-40(46-47(6,7)42(3,4)5)39(32-26-13-11-9-2)41(43)45-35-37-29-23-20-24-30-37/h19-24,27-30,38-40H,8-18,25-26,31-35H2,1-7H3/t38-,39-,40-/m0/s1. The van der Waals surface area contributed by atoms with Crippen molar-refractivity contribution in [1.29, 1.82) is 0 Å². The van der Waals surface area contributed by atoms with Crippen LogP contribution in [0.1, 0.15) is 148 Å². The highest BCUT2D eigenvalue weighted by molar-refractivity contribution is 6.74. The minimum atomic E-state index is -2.20. The number of rotatable bonds is 26. The van der Waals surface area contributed by atoms with Gasteiger partial charge < -0.3 is 13.9 Å². The van der Waals surface area contributed by atoms with Crippen LogP contribution in [0.3, 0.4) is 0 Å². The Balaban J connectivity index is 2.25. The number of esters is 1. The van der Waals surface area contributed by atoms with Crippen molar-refractivity contribution in [3.63, 3.8) is 0 Å². The van der Waals surface area contributed by atoms with Crippen LogP contribution in [0.25, 0.3) is 0 Å². The van der Waals surface area contributed by atoms with Gasteiger partial charge in [0.05, 0.1) is 24.7 Å². The lowest BCUT2D eigenvalue weighted by molar-refractivity contribution is -0.155. The molecule has 2 aromatic carbocycles. The lowest BCUT2D eigenvalue weighted by Gasteiger charge is -2.42. The fraction of sp³-hybridized carbons (Fsp3) is 0.690. The average Bonchev–Trinajstić information content (AvgIpc) is 3.05. The van der Waals surface area contributed by atoms with Crippen molar-refractivity contribution in [2.45, 2.75) is 181 Å². The first-order chi connectivity index (χ1) is 22.6. The normalized spacial score (nSPS) is 14.1. The maximum atomic E-state index is 14.0. The molecule has 0 unspecified atom stereocenters. The maximum Gasteiger partial charge on any atom is 0.311 e. The number of carbonyl (C=O) groups is 1. The molecule has 0 saturated heterocycles. The zero-order valence-corrected chi connectivity index (χ0v) is 32.4. The zero-order chi connectivity index (χ0) is 34.4. The lowest BCUT2D eigenvalue weighted by atomic mass is 9.90. The van der Waals surface area contributed by atoms with Gasteiger partial charge in [0, 0.05) is 0 Å². The quantitative estimate of drug-likeness (QED) is 0.0569. The molecule has 0 aliphatic rings. The Hall–Kier alpha value is -1.95. The summed E-state index contributed by atoms with van der Waals surface area (Å²) in [7, 11) is -2.20. The van der Waals surface area contributed by atoms with Gasteiger partial charge in [0.25, 0.3) is 0 Å². The van der Waals surface area contributed by atoms with E-state index in [1.54, 1.807) is 0 Å². The number of benzene rings is 2. The van der Waals surface area contributed by atoms with Crippen molar-refractivity contribution < 1.29 is 18.7 Å². The van der Waals surface area contributed by atoms with Gasteiger partial charge in [0.1, 0.15) is 6.61 Å². The lowest BCUT2D eigenvalue weighted by Crippen LogP contribution is -2.48. The van der Waals surface area contributed by atoms with E-state index >= 15 is 0 Å². The third-order valence-electron chi connectivity index (χ3n) is 10.0. The highest BCUT2D eigenvalue weighted by atomic mass is 28.4. The van der Waals surface area contributed by atoms with Gasteiger partial charge in [-0.1, -0.05) is 179 Å². The molecule has 0 spiro atoms. The van der Waals surface area contributed by atoms with E-state index in [0.717, 1.165) is 44.1 Å². The Morgan fingerprint density at radius 2 is 1.13 bits per heavy atom. The molecule has 2 rings (SSSR count). The van der Waals surface area contributed by atoms with Crippen LogP contribution >= 0.6 is 0 Å². The molecule has 47 heavy (non-hydrogen) atoms. The molecule has 4 nitrogen and oxygen atoms in total. The van der Waals surface area contributed by atoms with Crippen LogP contribution in [0.2, 0.25) is 18.1 Å². The van der Waals surface area contributed by atoms with E-state index in [1.165, 1.54) is 69.8 Å². The minimum Gasteiger partial charge on any atom is -0.461 e. The van der Waals surface area contributed by atoms with E-state index in [9.17, 15) is 4.79 Å². The van der Waals surface area contributed by atoms with E-state index in [1.807, 2.05) is 30.3 Å². The second-order valence-electron chi connectivity index (χ2n) is 15.2. The van der Waals surface area contributed by atoms with Crippen LogP contribution in [0.15, 0.2) is 60.7 Å². The summed E-state index contributed by atoms with van der Waals surface area (Å²) in [6, 6.07) is 20.5. The first-order valence-electron chi connectivity index (χ1n) is 19.1. The molecule has 0 amide bonds. The molecule has 5 heteroatoms. The molecular formula is C42H70O4Si. The van der Waals surface area contributed by atoms with Crippen LogP contribution in [0, 0.1) is 5.92 Å². The highest BCUT2D eigenvalue weighted by Gasteiger charge is 2.43. The number of hydrogen-bond donors (Lipinski definition) is 0. The highest BCUT2D eigenvalue weighted by Crippen LogP contribution is 2.40. The van der Waals surface area contributed by atoms with E-state index in [4.69, 9.17) is 13.9 Å². The van der Waals surface area contributed by atoms with Crippen molar-refractivity contribution in [3.8, 4) is 0 Å². The van der Waals surface area contributed by atoms with Gasteiger partial charge in [-0.15, -0.1) is 0 Å². The molecule has 0 aliphatic carbocycles. The Morgan fingerprint density at radius 3 is 1.66 bits per heavy atom. The molecule has 0 fully saturated rings. The molecule has 3 atom stereocenters. The summed E-state index contributed by atoms with van der Waals surface area (Å²) < 4.78 is 20.0. The van der Waals surface area contributed by atoms with Gasteiger partial charge in [0.2, 0.25) is 0 Å². The van der Waals surface area contributed by atoms with Gasteiger partial charge in [-0.25, -0.2) is 0 Å². The van der Waals surface area contributed by atoms with E-state index < -0.39 is 8.32 Å². The summed E-state index contributed by atoms with van der Waals surface area (Å²) in [6.45, 7) is 16.9. The average molecular weight is 667 g/mol. The fourth-order valence-corrected chi connectivity index (χ4v) is 7.30. The topological polar surface area (TPSA) is 44.8 Å². The largest absolute Gasteiger partial charge is 0.461 e. The molecule has 0 saturated carbocycles. The SMILES string of the molecule is CCCCCCCCCCC[C@@H](C[C@H](O[Si](C)(C)C(C)(C)C)[C@H](CCCCCC)C(=O)OCc1ccccc1)OCc1ccccc1. The first-order valence-corrected chi connectivity index (χ1v) is 22.0. The predicted molar refractivity (Wildman–Crippen MR) is 202 cm³/mol. The molecule has 2 aromatic rings. The number of ether oxygens (including phenoxy) is 2. The third-order valence-corrected chi connectivity index (χ3v) is 14.6. The van der Waals surface area contributed by atoms with Gasteiger partial charge in [0.15, 0.2) is 8.32 Å². The van der Waals surface area contributed by atoms with Crippen LogP contribution in [-0.2, 0) is 31.9 Å². The summed E-state index contributed by atoms with van der Waals surface area (Å²) in [5, 5.41) is 0.0312. The van der Waals surface area contributed by atoms with E-state index in [2.05, 4.69) is 78.0 Å². The molecule has 0 heterocycles. The van der Waals surface area contributed by atoms with Crippen molar-refractivity contribution in [1.82, 2.24) is 0 Å². The second-order valence-corrected chi connectivity index (χ2v) is 20.0. The maximum absolute atomic E-state index is 14.0. The van der Waals surface area contributed by atoms with Crippen molar-refractivity contribution >= 4 is 14.3 Å². The summed E-state index contributed by atoms with van der Waals surface area (Å²) in [5.41, 5.74) is 2.20. The predicted octanol–water partition coefficient (Wildman–Crippen LogP) is 12.6. The van der Waals surface area contributed by atoms with Crippen molar-refractivity contribution in [2.75, 3.05) is 0 Å². The van der Waals surface area contributed by atoms with Crippen molar-refractivity contribution in [2.24, 2.45) is 5.92 Å². The smallest absolute Gasteiger partial charge is 0.311 e. The second kappa shape index (κ2) is 23.4. The monoisotopic (exact) mass is 667 g/mol. The number of hydrogen-bond acceptors (Lipinski definition) is 4. The summed E-state index contributed by atoms with van der Waals surface area (Å²) in [4.78, 5) is 14.0. The minimum absolute atomic E-state index is 0.0228. The Morgan fingerprint density at radius 1 is 0.660 bits per heavy atom. The van der Waals surface area contributed by atoms with E-state index in [-0.39, 0.29) is 29.1 Å². The van der Waals surface area contributed by atoms with Crippen LogP contribution in [0.5, 0.6) is 0 Å². The van der Waals surface area contributed by atoms with Gasteiger partial charge in [-0.3, -0.25) is 4.79 Å². The molecule has 0 bridgehead atoms. The Kier molecular flexibility index (Phi) is 20.5. The molecule has 0 aliphatic heterocycles. The van der Waals surface area contributed by atoms with Crippen LogP contribution in [-0.4, -0.2) is 26.5 Å². The van der Waals surface area contributed by atoms with E-state index in [0.29, 0.717) is 13.2 Å². The third kappa shape index (κ3) is 17.3. The summed E-state index contributed by atoms with van der Waals surface area (Å²) in [5.74, 6) is -0.436. The first kappa shape index (κ1) is 41.2. The molecule has 0 aromatic heterocycles. The zero-order valence-electron chi connectivity index (χ0n) is 31.4. The molecular weight excluding hydrogens is 597 g/mol.